The molecule has 2 N–H and O–H groups in total. The summed E-state index contributed by atoms with van der Waals surface area (Å²) in [7, 11) is 0. The van der Waals surface area contributed by atoms with Crippen molar-refractivity contribution in [2.45, 2.75) is 64.1 Å². The Morgan fingerprint density at radius 1 is 1.07 bits per heavy atom. The maximum Gasteiger partial charge on any atom is 0.0708 e. The Morgan fingerprint density at radius 3 is 2.36 bits per heavy atom. The third kappa shape index (κ3) is 1.70. The molecular formula is C12H22O2. The molecule has 0 aromatic carbocycles. The molecule has 2 aliphatic carbocycles. The van der Waals surface area contributed by atoms with Crippen molar-refractivity contribution in [1.82, 2.24) is 0 Å². The summed E-state index contributed by atoms with van der Waals surface area (Å²) in [5, 5.41) is 20.5. The molecular weight excluding hydrogens is 176 g/mol. The molecule has 0 amide bonds. The summed E-state index contributed by atoms with van der Waals surface area (Å²) in [5.74, 6) is 0.415. The average Bonchev–Trinajstić information content (AvgIpc) is 2.14. The standard InChI is InChI=1S/C12H22O2/c1-10(2)6-9-4-5-11(3,13)8-12(9,14)7-10/h9,13-14H,4-8H2,1-3H3/t9?,11-,12-/m1/s1. The van der Waals surface area contributed by atoms with Crippen LogP contribution in [-0.4, -0.2) is 21.4 Å². The highest BCUT2D eigenvalue weighted by molar-refractivity contribution is 5.06. The lowest BCUT2D eigenvalue weighted by Crippen LogP contribution is -2.47. The molecule has 0 spiro atoms. The van der Waals surface area contributed by atoms with E-state index in [1.807, 2.05) is 6.92 Å². The number of hydrogen-bond acceptors (Lipinski definition) is 2. The summed E-state index contributed by atoms with van der Waals surface area (Å²) in [4.78, 5) is 0. The van der Waals surface area contributed by atoms with Gasteiger partial charge in [0.2, 0.25) is 0 Å². The van der Waals surface area contributed by atoms with Crippen LogP contribution in [0.1, 0.15) is 52.9 Å². The highest BCUT2D eigenvalue weighted by Crippen LogP contribution is 2.55. The minimum atomic E-state index is -0.647. The molecule has 0 aromatic heterocycles. The fourth-order valence-electron chi connectivity index (χ4n) is 3.71. The van der Waals surface area contributed by atoms with Crippen LogP contribution in [0.2, 0.25) is 0 Å². The van der Waals surface area contributed by atoms with Gasteiger partial charge in [0.1, 0.15) is 0 Å². The summed E-state index contributed by atoms with van der Waals surface area (Å²) >= 11 is 0. The second kappa shape index (κ2) is 2.73. The Balaban J connectivity index is 2.20. The molecule has 0 bridgehead atoms. The van der Waals surface area contributed by atoms with Gasteiger partial charge < -0.3 is 10.2 Å². The van der Waals surface area contributed by atoms with E-state index in [1.165, 1.54) is 0 Å². The molecule has 0 aromatic rings. The SMILES string of the molecule is CC1(C)CC2CC[C@@](C)(O)C[C@]2(O)C1. The van der Waals surface area contributed by atoms with Crippen LogP contribution in [0.5, 0.6) is 0 Å². The van der Waals surface area contributed by atoms with Crippen LogP contribution in [0.25, 0.3) is 0 Å². The first-order valence-electron chi connectivity index (χ1n) is 5.67. The van der Waals surface area contributed by atoms with E-state index in [0.29, 0.717) is 12.3 Å². The molecule has 2 aliphatic rings. The van der Waals surface area contributed by atoms with Crippen molar-refractivity contribution in [2.75, 3.05) is 0 Å². The Kier molecular flexibility index (Phi) is 2.04. The lowest BCUT2D eigenvalue weighted by Gasteiger charge is -2.42. The Hall–Kier alpha value is -0.0800. The van der Waals surface area contributed by atoms with Crippen molar-refractivity contribution in [1.29, 1.82) is 0 Å². The molecule has 14 heavy (non-hydrogen) atoms. The molecule has 1 unspecified atom stereocenters. The van der Waals surface area contributed by atoms with E-state index < -0.39 is 11.2 Å². The zero-order valence-electron chi connectivity index (χ0n) is 9.51. The van der Waals surface area contributed by atoms with Gasteiger partial charge in [-0.25, -0.2) is 0 Å². The molecule has 0 radical (unpaired) electrons. The first-order chi connectivity index (χ1) is 6.23. The van der Waals surface area contributed by atoms with Crippen LogP contribution in [0.4, 0.5) is 0 Å². The topological polar surface area (TPSA) is 40.5 Å². The summed E-state index contributed by atoms with van der Waals surface area (Å²) in [6, 6.07) is 0. The normalized spacial score (nSPS) is 51.6. The maximum absolute atomic E-state index is 10.5. The summed E-state index contributed by atoms with van der Waals surface area (Å²) in [6.45, 7) is 6.29. The molecule has 2 heteroatoms. The van der Waals surface area contributed by atoms with Crippen LogP contribution in [0, 0.1) is 11.3 Å². The second-order valence-corrected chi connectivity index (χ2v) is 6.56. The Morgan fingerprint density at radius 2 is 1.71 bits per heavy atom. The lowest BCUT2D eigenvalue weighted by molar-refractivity contribution is -0.113. The summed E-state index contributed by atoms with van der Waals surface area (Å²) in [5.41, 5.74) is -0.989. The maximum atomic E-state index is 10.5. The van der Waals surface area contributed by atoms with Crippen LogP contribution in [-0.2, 0) is 0 Å². The minimum Gasteiger partial charge on any atom is -0.390 e. The van der Waals surface area contributed by atoms with E-state index >= 15 is 0 Å². The predicted molar refractivity (Wildman–Crippen MR) is 55.9 cm³/mol. The van der Waals surface area contributed by atoms with Gasteiger partial charge in [0.15, 0.2) is 0 Å². The third-order valence-corrected chi connectivity index (χ3v) is 4.06. The highest BCUT2D eigenvalue weighted by Gasteiger charge is 2.54. The lowest BCUT2D eigenvalue weighted by atomic mass is 9.71. The van der Waals surface area contributed by atoms with Crippen molar-refractivity contribution in [2.24, 2.45) is 11.3 Å². The quantitative estimate of drug-likeness (QED) is 0.625. The fraction of sp³-hybridized carbons (Fsp3) is 1.00. The zero-order chi connectivity index (χ0) is 10.6. The van der Waals surface area contributed by atoms with Crippen molar-refractivity contribution >= 4 is 0 Å². The third-order valence-electron chi connectivity index (χ3n) is 4.06. The van der Waals surface area contributed by atoms with Crippen LogP contribution in [0.15, 0.2) is 0 Å². The second-order valence-electron chi connectivity index (χ2n) is 6.56. The molecule has 2 rings (SSSR count). The molecule has 2 fully saturated rings. The van der Waals surface area contributed by atoms with Crippen LogP contribution >= 0.6 is 0 Å². The zero-order valence-corrected chi connectivity index (χ0v) is 9.51. The molecule has 0 aliphatic heterocycles. The van der Waals surface area contributed by atoms with Gasteiger partial charge >= 0.3 is 0 Å². The van der Waals surface area contributed by atoms with Gasteiger partial charge in [0.25, 0.3) is 0 Å². The van der Waals surface area contributed by atoms with Crippen molar-refractivity contribution < 1.29 is 10.2 Å². The molecule has 82 valence electrons. The van der Waals surface area contributed by atoms with Gasteiger partial charge in [0, 0.05) is 6.42 Å². The number of hydrogen-bond donors (Lipinski definition) is 2. The van der Waals surface area contributed by atoms with Gasteiger partial charge in [0.05, 0.1) is 11.2 Å². The monoisotopic (exact) mass is 198 g/mol. The molecule has 2 saturated carbocycles. The highest BCUT2D eigenvalue weighted by atomic mass is 16.3. The number of aliphatic hydroxyl groups is 2. The predicted octanol–water partition coefficient (Wildman–Crippen LogP) is 2.09. The molecule has 0 saturated heterocycles. The molecule has 0 heterocycles. The first-order valence-corrected chi connectivity index (χ1v) is 5.67. The van der Waals surface area contributed by atoms with Gasteiger partial charge in [-0.3, -0.25) is 0 Å². The average molecular weight is 198 g/mol. The van der Waals surface area contributed by atoms with Gasteiger partial charge in [-0.15, -0.1) is 0 Å². The van der Waals surface area contributed by atoms with Crippen molar-refractivity contribution in [3.63, 3.8) is 0 Å². The van der Waals surface area contributed by atoms with Crippen LogP contribution < -0.4 is 0 Å². The van der Waals surface area contributed by atoms with Gasteiger partial charge in [-0.1, -0.05) is 13.8 Å². The fourth-order valence-corrected chi connectivity index (χ4v) is 3.71. The van der Waals surface area contributed by atoms with Gasteiger partial charge in [-0.05, 0) is 43.9 Å². The van der Waals surface area contributed by atoms with E-state index in [-0.39, 0.29) is 5.41 Å². The van der Waals surface area contributed by atoms with E-state index in [9.17, 15) is 10.2 Å². The Labute approximate surface area is 86.3 Å². The van der Waals surface area contributed by atoms with Crippen molar-refractivity contribution in [3.8, 4) is 0 Å². The van der Waals surface area contributed by atoms with E-state index in [0.717, 1.165) is 25.7 Å². The smallest absolute Gasteiger partial charge is 0.0708 e. The summed E-state index contributed by atoms with van der Waals surface area (Å²) in [6.07, 6.45) is 4.34. The molecule has 2 nitrogen and oxygen atoms in total. The van der Waals surface area contributed by atoms with E-state index in [4.69, 9.17) is 0 Å². The largest absolute Gasteiger partial charge is 0.390 e. The first kappa shape index (κ1) is 10.4. The summed E-state index contributed by atoms with van der Waals surface area (Å²) < 4.78 is 0. The number of rotatable bonds is 0. The van der Waals surface area contributed by atoms with Crippen LogP contribution in [0.3, 0.4) is 0 Å². The van der Waals surface area contributed by atoms with E-state index in [2.05, 4.69) is 13.8 Å². The van der Waals surface area contributed by atoms with E-state index in [1.54, 1.807) is 0 Å². The van der Waals surface area contributed by atoms with Crippen molar-refractivity contribution in [3.05, 3.63) is 0 Å². The van der Waals surface area contributed by atoms with Gasteiger partial charge in [-0.2, -0.15) is 0 Å². The number of fused-ring (bicyclic) bond motifs is 1. The minimum absolute atomic E-state index is 0.250. The molecule has 3 atom stereocenters. The Bertz CT molecular complexity index is 243.